The highest BCUT2D eigenvalue weighted by molar-refractivity contribution is 5.96. The van der Waals surface area contributed by atoms with Gasteiger partial charge in [-0.2, -0.15) is 5.10 Å². The fourth-order valence-electron chi connectivity index (χ4n) is 1.46. The highest BCUT2D eigenvalue weighted by Crippen LogP contribution is 2.27. The van der Waals surface area contributed by atoms with Crippen molar-refractivity contribution in [3.63, 3.8) is 0 Å². The van der Waals surface area contributed by atoms with Crippen molar-refractivity contribution in [3.8, 4) is 5.75 Å². The number of benzene rings is 2. The molecule has 0 aliphatic carbocycles. The van der Waals surface area contributed by atoms with E-state index in [9.17, 15) is 5.11 Å². The number of hydrogen-bond donors (Lipinski definition) is 2. The number of phenolic OH excluding ortho intramolecular Hbond substituents is 1. The summed E-state index contributed by atoms with van der Waals surface area (Å²) in [6, 6.07) is 11.3. The van der Waals surface area contributed by atoms with Crippen LogP contribution in [0.3, 0.4) is 0 Å². The minimum Gasteiger partial charge on any atom is -0.507 e. The lowest BCUT2D eigenvalue weighted by molar-refractivity contribution is 0.481. The monoisotopic (exact) mass is 186 g/mol. The van der Waals surface area contributed by atoms with Gasteiger partial charge < -0.3 is 10.9 Å². The molecule has 0 aromatic heterocycles. The molecule has 0 radical (unpaired) electrons. The number of aromatic hydroxyl groups is 1. The van der Waals surface area contributed by atoms with Crippen molar-refractivity contribution >= 4 is 17.0 Å². The first-order valence-electron chi connectivity index (χ1n) is 4.27. The van der Waals surface area contributed by atoms with Crippen LogP contribution in [0.15, 0.2) is 41.5 Å². The summed E-state index contributed by atoms with van der Waals surface area (Å²) in [4.78, 5) is 0. The Morgan fingerprint density at radius 1 is 1.14 bits per heavy atom. The summed E-state index contributed by atoms with van der Waals surface area (Å²) in [6.07, 6.45) is 1.43. The third kappa shape index (κ3) is 1.29. The van der Waals surface area contributed by atoms with Gasteiger partial charge in [-0.1, -0.05) is 30.3 Å². The number of nitrogens with zero attached hydrogens (tertiary/aromatic N) is 1. The molecule has 0 heterocycles. The van der Waals surface area contributed by atoms with Crippen LogP contribution >= 0.6 is 0 Å². The van der Waals surface area contributed by atoms with E-state index in [0.29, 0.717) is 5.56 Å². The maximum absolute atomic E-state index is 9.83. The fraction of sp³-hybridized carbons (Fsp3) is 0. The summed E-state index contributed by atoms with van der Waals surface area (Å²) < 4.78 is 0. The van der Waals surface area contributed by atoms with Gasteiger partial charge in [0.15, 0.2) is 0 Å². The molecule has 0 amide bonds. The Labute approximate surface area is 81.5 Å². The standard InChI is InChI=1S/C11H10N2O/c12-13-7-9-6-5-8-3-1-2-4-10(8)11(9)14/h1-7,14H,12H2/b13-7+. The van der Waals surface area contributed by atoms with E-state index in [1.165, 1.54) is 6.21 Å². The van der Waals surface area contributed by atoms with E-state index in [0.717, 1.165) is 10.8 Å². The predicted octanol–water partition coefficient (Wildman–Crippen LogP) is 1.84. The summed E-state index contributed by atoms with van der Waals surface area (Å²) >= 11 is 0. The molecule has 14 heavy (non-hydrogen) atoms. The summed E-state index contributed by atoms with van der Waals surface area (Å²) in [5.74, 6) is 5.25. The van der Waals surface area contributed by atoms with Gasteiger partial charge in [-0.15, -0.1) is 0 Å². The van der Waals surface area contributed by atoms with E-state index >= 15 is 0 Å². The van der Waals surface area contributed by atoms with Gasteiger partial charge in [-0.25, -0.2) is 0 Å². The Balaban J connectivity index is 2.75. The van der Waals surface area contributed by atoms with Gasteiger partial charge in [0.25, 0.3) is 0 Å². The second kappa shape index (κ2) is 3.38. The number of hydrogen-bond acceptors (Lipinski definition) is 3. The van der Waals surface area contributed by atoms with Gasteiger partial charge >= 0.3 is 0 Å². The van der Waals surface area contributed by atoms with Gasteiger partial charge in [0.05, 0.1) is 6.21 Å². The van der Waals surface area contributed by atoms with Crippen molar-refractivity contribution in [2.24, 2.45) is 10.9 Å². The van der Waals surface area contributed by atoms with Crippen molar-refractivity contribution in [2.45, 2.75) is 0 Å². The number of phenols is 1. The SMILES string of the molecule is N/N=C/c1ccc2ccccc2c1O. The van der Waals surface area contributed by atoms with Crippen molar-refractivity contribution in [1.29, 1.82) is 0 Å². The number of nitrogens with two attached hydrogens (primary N) is 1. The summed E-state index contributed by atoms with van der Waals surface area (Å²) in [5.41, 5.74) is 0.631. The van der Waals surface area contributed by atoms with Crippen LogP contribution in [0.25, 0.3) is 10.8 Å². The topological polar surface area (TPSA) is 58.6 Å². The largest absolute Gasteiger partial charge is 0.507 e. The van der Waals surface area contributed by atoms with Gasteiger partial charge in [-0.3, -0.25) is 0 Å². The van der Waals surface area contributed by atoms with E-state index in [4.69, 9.17) is 5.84 Å². The van der Waals surface area contributed by atoms with Gasteiger partial charge in [0.2, 0.25) is 0 Å². The quantitative estimate of drug-likeness (QED) is 0.405. The second-order valence-electron chi connectivity index (χ2n) is 3.00. The smallest absolute Gasteiger partial charge is 0.132 e. The van der Waals surface area contributed by atoms with E-state index in [1.807, 2.05) is 30.3 Å². The first-order valence-corrected chi connectivity index (χ1v) is 4.27. The maximum atomic E-state index is 9.83. The third-order valence-corrected chi connectivity index (χ3v) is 2.15. The second-order valence-corrected chi connectivity index (χ2v) is 3.00. The molecular formula is C11H10N2O. The third-order valence-electron chi connectivity index (χ3n) is 2.15. The molecule has 0 atom stereocenters. The number of rotatable bonds is 1. The van der Waals surface area contributed by atoms with E-state index < -0.39 is 0 Å². The van der Waals surface area contributed by atoms with Gasteiger partial charge in [0, 0.05) is 10.9 Å². The zero-order chi connectivity index (χ0) is 9.97. The molecule has 3 N–H and O–H groups in total. The van der Waals surface area contributed by atoms with Crippen molar-refractivity contribution in [3.05, 3.63) is 42.0 Å². The van der Waals surface area contributed by atoms with Crippen molar-refractivity contribution in [1.82, 2.24) is 0 Å². The van der Waals surface area contributed by atoms with E-state index in [1.54, 1.807) is 6.07 Å². The average molecular weight is 186 g/mol. The molecule has 0 aliphatic rings. The molecule has 0 bridgehead atoms. The molecule has 2 aromatic carbocycles. The van der Waals surface area contributed by atoms with Crippen LogP contribution in [0.2, 0.25) is 0 Å². The molecular weight excluding hydrogens is 176 g/mol. The zero-order valence-corrected chi connectivity index (χ0v) is 7.51. The number of fused-ring (bicyclic) bond motifs is 1. The van der Waals surface area contributed by atoms with Gasteiger partial charge in [0.1, 0.15) is 5.75 Å². The molecule has 0 saturated carbocycles. The Kier molecular flexibility index (Phi) is 2.07. The molecule has 3 nitrogen and oxygen atoms in total. The lowest BCUT2D eigenvalue weighted by atomic mass is 10.1. The molecule has 0 saturated heterocycles. The predicted molar refractivity (Wildman–Crippen MR) is 57.4 cm³/mol. The van der Waals surface area contributed by atoms with Crippen molar-refractivity contribution < 1.29 is 5.11 Å². The summed E-state index contributed by atoms with van der Waals surface area (Å²) in [5, 5.41) is 15.0. The van der Waals surface area contributed by atoms with Crippen LogP contribution in [-0.2, 0) is 0 Å². The molecule has 3 heteroatoms. The molecule has 0 fully saturated rings. The van der Waals surface area contributed by atoms with Crippen LogP contribution in [-0.4, -0.2) is 11.3 Å². The summed E-state index contributed by atoms with van der Waals surface area (Å²) in [6.45, 7) is 0. The van der Waals surface area contributed by atoms with E-state index in [-0.39, 0.29) is 5.75 Å². The lowest BCUT2D eigenvalue weighted by Crippen LogP contribution is -1.87. The molecule has 70 valence electrons. The highest BCUT2D eigenvalue weighted by Gasteiger charge is 2.02. The Hall–Kier alpha value is -2.03. The van der Waals surface area contributed by atoms with Crippen molar-refractivity contribution in [2.75, 3.05) is 0 Å². The Morgan fingerprint density at radius 3 is 2.71 bits per heavy atom. The molecule has 0 aliphatic heterocycles. The zero-order valence-electron chi connectivity index (χ0n) is 7.51. The Bertz CT molecular complexity index is 492. The average Bonchev–Trinajstić information content (AvgIpc) is 2.23. The van der Waals surface area contributed by atoms with E-state index in [2.05, 4.69) is 5.10 Å². The first-order chi connectivity index (χ1) is 6.83. The normalized spacial score (nSPS) is 11.1. The van der Waals surface area contributed by atoms with Crippen LogP contribution in [0.5, 0.6) is 5.75 Å². The highest BCUT2D eigenvalue weighted by atomic mass is 16.3. The fourth-order valence-corrected chi connectivity index (χ4v) is 1.46. The minimum absolute atomic E-state index is 0.220. The Morgan fingerprint density at radius 2 is 1.93 bits per heavy atom. The molecule has 2 rings (SSSR count). The van der Waals surface area contributed by atoms with Gasteiger partial charge in [-0.05, 0) is 11.5 Å². The molecule has 0 spiro atoms. The number of hydrazone groups is 1. The summed E-state index contributed by atoms with van der Waals surface area (Å²) in [7, 11) is 0. The van der Waals surface area contributed by atoms with Crippen LogP contribution in [0.4, 0.5) is 0 Å². The molecule has 0 unspecified atom stereocenters. The molecule has 2 aromatic rings. The lowest BCUT2D eigenvalue weighted by Gasteiger charge is -2.03. The van der Waals surface area contributed by atoms with Crippen LogP contribution in [0, 0.1) is 0 Å². The minimum atomic E-state index is 0.220. The van der Waals surface area contributed by atoms with Crippen LogP contribution < -0.4 is 5.84 Å². The first kappa shape index (κ1) is 8.56. The van der Waals surface area contributed by atoms with Crippen LogP contribution in [0.1, 0.15) is 5.56 Å². The maximum Gasteiger partial charge on any atom is 0.132 e.